The molecule has 0 radical (unpaired) electrons. The van der Waals surface area contributed by atoms with Crippen molar-refractivity contribution >= 4 is 55.2 Å². The third-order valence-electron chi connectivity index (χ3n) is 4.62. The summed E-state index contributed by atoms with van der Waals surface area (Å²) >= 11 is 2.80. The van der Waals surface area contributed by atoms with Crippen LogP contribution in [0, 0.1) is 6.92 Å². The number of rotatable bonds is 9. The van der Waals surface area contributed by atoms with E-state index in [0.29, 0.717) is 21.4 Å². The van der Waals surface area contributed by atoms with Gasteiger partial charge in [-0.25, -0.2) is 13.6 Å². The number of thioether (sulfide) groups is 1. The van der Waals surface area contributed by atoms with E-state index in [1.807, 2.05) is 19.1 Å². The summed E-state index contributed by atoms with van der Waals surface area (Å²) < 4.78 is 30.5. The molecule has 0 saturated carbocycles. The molecule has 176 valence electrons. The minimum Gasteiger partial charge on any atom is -0.465 e. The molecule has 11 heteroatoms. The highest BCUT2D eigenvalue weighted by atomic mass is 32.2. The second-order valence-electron chi connectivity index (χ2n) is 7.22. The summed E-state index contributed by atoms with van der Waals surface area (Å²) in [6.07, 6.45) is 0.911. The number of ether oxygens (including phenoxy) is 1. The lowest BCUT2D eigenvalue weighted by molar-refractivity contribution is -0.143. The SMILES string of the molecule is CCOC(=O)Cn1c(=NC(=O)CCCSc2ccc(C)cc2)sc2cc(S(N)(=O)=O)ccc21. The lowest BCUT2D eigenvalue weighted by Gasteiger charge is -2.05. The third kappa shape index (κ3) is 7.00. The number of amides is 1. The number of nitrogens with two attached hydrogens (primary N) is 1. The number of carbonyl (C=O) groups excluding carboxylic acids is 2. The lowest BCUT2D eigenvalue weighted by atomic mass is 10.2. The number of fused-ring (bicyclic) bond motifs is 1. The Morgan fingerprint density at radius 3 is 2.58 bits per heavy atom. The standard InChI is InChI=1S/C22H25N3O5S3/c1-3-30-21(27)14-25-18-11-10-17(33(23,28)29)13-19(18)32-22(25)24-20(26)5-4-12-31-16-8-6-15(2)7-9-16/h6-11,13H,3-5,12,14H2,1-2H3,(H2,23,28,29). The van der Waals surface area contributed by atoms with Crippen molar-refractivity contribution in [1.82, 2.24) is 4.57 Å². The maximum atomic E-state index is 12.5. The molecule has 1 aromatic heterocycles. The predicted molar refractivity (Wildman–Crippen MR) is 130 cm³/mol. The van der Waals surface area contributed by atoms with Crippen LogP contribution in [0.2, 0.25) is 0 Å². The zero-order valence-corrected chi connectivity index (χ0v) is 20.8. The van der Waals surface area contributed by atoms with Gasteiger partial charge in [-0.2, -0.15) is 4.99 Å². The zero-order valence-electron chi connectivity index (χ0n) is 18.3. The molecule has 0 aliphatic rings. The van der Waals surface area contributed by atoms with E-state index in [9.17, 15) is 18.0 Å². The number of hydrogen-bond acceptors (Lipinski definition) is 7. The van der Waals surface area contributed by atoms with Gasteiger partial charge >= 0.3 is 5.97 Å². The molecule has 0 saturated heterocycles. The smallest absolute Gasteiger partial charge is 0.326 e. The van der Waals surface area contributed by atoms with E-state index < -0.39 is 16.0 Å². The maximum Gasteiger partial charge on any atom is 0.326 e. The van der Waals surface area contributed by atoms with Gasteiger partial charge in [0.2, 0.25) is 15.9 Å². The van der Waals surface area contributed by atoms with Crippen molar-refractivity contribution in [3.63, 3.8) is 0 Å². The Morgan fingerprint density at radius 2 is 1.91 bits per heavy atom. The van der Waals surface area contributed by atoms with Crippen LogP contribution in [0.4, 0.5) is 0 Å². The van der Waals surface area contributed by atoms with Gasteiger partial charge in [0, 0.05) is 11.3 Å². The van der Waals surface area contributed by atoms with Gasteiger partial charge in [-0.15, -0.1) is 11.8 Å². The third-order valence-corrected chi connectivity index (χ3v) is 7.67. The molecule has 0 aliphatic carbocycles. The second kappa shape index (κ2) is 11.1. The molecule has 2 aromatic carbocycles. The molecule has 0 unspecified atom stereocenters. The molecular weight excluding hydrogens is 482 g/mol. The van der Waals surface area contributed by atoms with E-state index in [-0.39, 0.29) is 30.4 Å². The first-order valence-corrected chi connectivity index (χ1v) is 13.6. The lowest BCUT2D eigenvalue weighted by Crippen LogP contribution is -2.23. The number of hydrogen-bond donors (Lipinski definition) is 1. The van der Waals surface area contributed by atoms with Crippen LogP contribution >= 0.6 is 23.1 Å². The number of aromatic nitrogens is 1. The van der Waals surface area contributed by atoms with Crippen LogP contribution in [0.1, 0.15) is 25.3 Å². The summed E-state index contributed by atoms with van der Waals surface area (Å²) in [4.78, 5) is 30.2. The summed E-state index contributed by atoms with van der Waals surface area (Å²) in [6.45, 7) is 3.82. The van der Waals surface area contributed by atoms with Gasteiger partial charge in [0.25, 0.3) is 0 Å². The zero-order chi connectivity index (χ0) is 24.0. The van der Waals surface area contributed by atoms with Crippen LogP contribution < -0.4 is 9.94 Å². The van der Waals surface area contributed by atoms with E-state index in [2.05, 4.69) is 17.1 Å². The fourth-order valence-electron chi connectivity index (χ4n) is 3.01. The molecule has 0 spiro atoms. The van der Waals surface area contributed by atoms with Crippen molar-refractivity contribution in [2.24, 2.45) is 10.1 Å². The minimum atomic E-state index is -3.89. The average molecular weight is 508 g/mol. The van der Waals surface area contributed by atoms with Crippen molar-refractivity contribution < 1.29 is 22.7 Å². The van der Waals surface area contributed by atoms with Gasteiger partial charge in [-0.05, 0) is 56.4 Å². The number of primary sulfonamides is 1. The van der Waals surface area contributed by atoms with E-state index in [1.165, 1.54) is 17.7 Å². The molecule has 3 aromatic rings. The molecule has 0 atom stereocenters. The minimum absolute atomic E-state index is 0.0504. The first kappa shape index (κ1) is 25.2. The highest BCUT2D eigenvalue weighted by Crippen LogP contribution is 2.22. The highest BCUT2D eigenvalue weighted by molar-refractivity contribution is 7.99. The molecule has 0 aliphatic heterocycles. The molecule has 0 bridgehead atoms. The maximum absolute atomic E-state index is 12.5. The Hall–Kier alpha value is -2.47. The summed E-state index contributed by atoms with van der Waals surface area (Å²) in [5.41, 5.74) is 1.77. The Kier molecular flexibility index (Phi) is 8.46. The van der Waals surface area contributed by atoms with Gasteiger partial charge in [0.15, 0.2) is 4.80 Å². The number of thiazole rings is 1. The number of carbonyl (C=O) groups is 2. The number of esters is 1. The summed E-state index contributed by atoms with van der Waals surface area (Å²) in [6, 6.07) is 12.5. The fourth-order valence-corrected chi connectivity index (χ4v) is 5.57. The van der Waals surface area contributed by atoms with Gasteiger partial charge in [-0.3, -0.25) is 9.59 Å². The number of nitrogens with zero attached hydrogens (tertiary/aromatic N) is 2. The van der Waals surface area contributed by atoms with Crippen molar-refractivity contribution in [1.29, 1.82) is 0 Å². The molecule has 0 fully saturated rings. The van der Waals surface area contributed by atoms with E-state index in [0.717, 1.165) is 22.0 Å². The molecule has 2 N–H and O–H groups in total. The van der Waals surface area contributed by atoms with Crippen LogP contribution in [0.25, 0.3) is 10.2 Å². The first-order valence-electron chi connectivity index (χ1n) is 10.3. The Morgan fingerprint density at radius 1 is 1.18 bits per heavy atom. The Balaban J connectivity index is 1.80. The summed E-state index contributed by atoms with van der Waals surface area (Å²) in [5, 5.41) is 5.23. The topological polar surface area (TPSA) is 121 Å². The Labute approximate surface area is 200 Å². The fraction of sp³-hybridized carbons (Fsp3) is 0.318. The van der Waals surface area contributed by atoms with Crippen molar-refractivity contribution in [3.8, 4) is 0 Å². The first-order chi connectivity index (χ1) is 15.7. The monoisotopic (exact) mass is 507 g/mol. The molecule has 1 heterocycles. The van der Waals surface area contributed by atoms with Crippen LogP contribution in [0.3, 0.4) is 0 Å². The van der Waals surface area contributed by atoms with E-state index >= 15 is 0 Å². The second-order valence-corrected chi connectivity index (χ2v) is 11.0. The number of benzene rings is 2. The number of sulfonamides is 1. The van der Waals surface area contributed by atoms with Crippen molar-refractivity contribution in [2.75, 3.05) is 12.4 Å². The highest BCUT2D eigenvalue weighted by Gasteiger charge is 2.15. The quantitative estimate of drug-likeness (QED) is 0.270. The molecule has 33 heavy (non-hydrogen) atoms. The van der Waals surface area contributed by atoms with Crippen molar-refractivity contribution in [2.45, 2.75) is 43.0 Å². The molecule has 1 amide bonds. The van der Waals surface area contributed by atoms with Crippen LogP contribution in [-0.4, -0.2) is 37.2 Å². The summed E-state index contributed by atoms with van der Waals surface area (Å²) in [7, 11) is -3.89. The predicted octanol–water partition coefficient (Wildman–Crippen LogP) is 3.22. The molecule has 8 nitrogen and oxygen atoms in total. The summed E-state index contributed by atoms with van der Waals surface area (Å²) in [5.74, 6) is -0.0106. The molecular formula is C22H25N3O5S3. The number of aryl methyl sites for hydroxylation is 1. The van der Waals surface area contributed by atoms with Crippen molar-refractivity contribution in [3.05, 3.63) is 52.8 Å². The largest absolute Gasteiger partial charge is 0.465 e. The molecule has 3 rings (SSSR count). The Bertz CT molecular complexity index is 1330. The van der Waals surface area contributed by atoms with Crippen LogP contribution in [-0.2, 0) is 30.9 Å². The van der Waals surface area contributed by atoms with Gasteiger partial charge < -0.3 is 9.30 Å². The average Bonchev–Trinajstić information content (AvgIpc) is 3.08. The normalized spacial score (nSPS) is 12.3. The van der Waals surface area contributed by atoms with Crippen LogP contribution in [0.15, 0.2) is 57.2 Å². The van der Waals surface area contributed by atoms with Crippen LogP contribution in [0.5, 0.6) is 0 Å². The van der Waals surface area contributed by atoms with E-state index in [4.69, 9.17) is 9.88 Å². The van der Waals surface area contributed by atoms with Gasteiger partial charge in [-0.1, -0.05) is 29.0 Å². The van der Waals surface area contributed by atoms with E-state index in [1.54, 1.807) is 29.3 Å². The van der Waals surface area contributed by atoms with Gasteiger partial charge in [0.05, 0.1) is 21.7 Å². The van der Waals surface area contributed by atoms with Gasteiger partial charge in [0.1, 0.15) is 6.54 Å².